The standard InChI is InChI=1S/C19H15ClFNO4/c1-24-12-4-6-15(18(10-12)25-2)22-19(23)17-8-7-16(26-17)11-3-5-14(21)13(20)9-11/h3-10H,1-2H3,(H,22,23). The summed E-state index contributed by atoms with van der Waals surface area (Å²) < 4.78 is 29.2. The number of anilines is 1. The Labute approximate surface area is 154 Å². The molecular weight excluding hydrogens is 361 g/mol. The molecule has 0 spiro atoms. The quantitative estimate of drug-likeness (QED) is 0.681. The van der Waals surface area contributed by atoms with E-state index in [-0.39, 0.29) is 10.8 Å². The van der Waals surface area contributed by atoms with E-state index in [1.54, 1.807) is 31.4 Å². The number of carbonyl (C=O) groups is 1. The van der Waals surface area contributed by atoms with Crippen molar-refractivity contribution in [3.8, 4) is 22.8 Å². The molecule has 3 rings (SSSR count). The van der Waals surface area contributed by atoms with E-state index in [0.29, 0.717) is 28.5 Å². The second-order valence-corrected chi connectivity index (χ2v) is 5.72. The van der Waals surface area contributed by atoms with Crippen LogP contribution in [0.15, 0.2) is 52.9 Å². The molecule has 5 nitrogen and oxygen atoms in total. The third kappa shape index (κ3) is 3.65. The first kappa shape index (κ1) is 17.8. The lowest BCUT2D eigenvalue weighted by atomic mass is 10.2. The zero-order chi connectivity index (χ0) is 18.7. The Balaban J connectivity index is 1.81. The van der Waals surface area contributed by atoms with E-state index in [2.05, 4.69) is 5.32 Å². The Bertz CT molecular complexity index is 954. The van der Waals surface area contributed by atoms with Gasteiger partial charge in [0.1, 0.15) is 23.1 Å². The number of methoxy groups -OCH3 is 2. The van der Waals surface area contributed by atoms with E-state index < -0.39 is 11.7 Å². The van der Waals surface area contributed by atoms with Crippen molar-refractivity contribution in [2.75, 3.05) is 19.5 Å². The Morgan fingerprint density at radius 2 is 1.88 bits per heavy atom. The topological polar surface area (TPSA) is 60.7 Å². The number of hydrogen-bond acceptors (Lipinski definition) is 4. The van der Waals surface area contributed by atoms with Crippen LogP contribution in [-0.2, 0) is 0 Å². The smallest absolute Gasteiger partial charge is 0.291 e. The third-order valence-corrected chi connectivity index (χ3v) is 3.98. The molecule has 3 aromatic rings. The molecule has 0 atom stereocenters. The van der Waals surface area contributed by atoms with E-state index in [4.69, 9.17) is 25.5 Å². The van der Waals surface area contributed by atoms with Crippen molar-refractivity contribution in [3.05, 3.63) is 65.1 Å². The fourth-order valence-electron chi connectivity index (χ4n) is 2.35. The molecule has 0 saturated heterocycles. The molecule has 1 amide bonds. The molecule has 0 fully saturated rings. The van der Waals surface area contributed by atoms with Gasteiger partial charge >= 0.3 is 0 Å². The average Bonchev–Trinajstić information content (AvgIpc) is 3.14. The van der Waals surface area contributed by atoms with Gasteiger partial charge in [0, 0.05) is 11.6 Å². The van der Waals surface area contributed by atoms with E-state index in [9.17, 15) is 9.18 Å². The van der Waals surface area contributed by atoms with Gasteiger partial charge < -0.3 is 19.2 Å². The minimum absolute atomic E-state index is 0.0205. The van der Waals surface area contributed by atoms with Gasteiger partial charge in [0.25, 0.3) is 5.91 Å². The molecule has 1 N–H and O–H groups in total. The Morgan fingerprint density at radius 1 is 1.08 bits per heavy atom. The monoisotopic (exact) mass is 375 g/mol. The van der Waals surface area contributed by atoms with Crippen molar-refractivity contribution in [2.24, 2.45) is 0 Å². The lowest BCUT2D eigenvalue weighted by Crippen LogP contribution is -2.11. The van der Waals surface area contributed by atoms with Crippen LogP contribution in [0.2, 0.25) is 5.02 Å². The van der Waals surface area contributed by atoms with Crippen LogP contribution in [0.3, 0.4) is 0 Å². The molecular formula is C19H15ClFNO4. The summed E-state index contributed by atoms with van der Waals surface area (Å²) in [6.45, 7) is 0. The van der Waals surface area contributed by atoms with E-state index in [1.807, 2.05) is 0 Å². The molecule has 0 radical (unpaired) electrons. The van der Waals surface area contributed by atoms with E-state index in [0.717, 1.165) is 0 Å². The summed E-state index contributed by atoms with van der Waals surface area (Å²) >= 11 is 5.78. The van der Waals surface area contributed by atoms with Crippen LogP contribution in [-0.4, -0.2) is 20.1 Å². The summed E-state index contributed by atoms with van der Waals surface area (Å²) in [5.74, 6) is 0.583. The summed E-state index contributed by atoms with van der Waals surface area (Å²) in [7, 11) is 3.03. The molecule has 134 valence electrons. The molecule has 1 heterocycles. The van der Waals surface area contributed by atoms with Gasteiger partial charge in [0.15, 0.2) is 5.76 Å². The highest BCUT2D eigenvalue weighted by Crippen LogP contribution is 2.30. The van der Waals surface area contributed by atoms with Crippen molar-refractivity contribution in [1.29, 1.82) is 0 Å². The number of rotatable bonds is 5. The Hall–Kier alpha value is -2.99. The maximum absolute atomic E-state index is 13.3. The molecule has 26 heavy (non-hydrogen) atoms. The van der Waals surface area contributed by atoms with E-state index in [1.165, 1.54) is 31.4 Å². The van der Waals surface area contributed by atoms with Gasteiger partial charge in [-0.05, 0) is 42.5 Å². The highest BCUT2D eigenvalue weighted by atomic mass is 35.5. The zero-order valence-corrected chi connectivity index (χ0v) is 14.8. The summed E-state index contributed by atoms with van der Waals surface area (Å²) in [5.41, 5.74) is 1.04. The number of furan rings is 1. The first-order chi connectivity index (χ1) is 12.5. The molecule has 0 saturated carbocycles. The van der Waals surface area contributed by atoms with Gasteiger partial charge in [-0.1, -0.05) is 11.6 Å². The second kappa shape index (κ2) is 7.49. The zero-order valence-electron chi connectivity index (χ0n) is 14.0. The van der Waals surface area contributed by atoms with Gasteiger partial charge in [0.2, 0.25) is 0 Å². The van der Waals surface area contributed by atoms with Crippen LogP contribution in [0.1, 0.15) is 10.6 Å². The molecule has 2 aromatic carbocycles. The predicted molar refractivity (Wildman–Crippen MR) is 96.6 cm³/mol. The first-order valence-electron chi connectivity index (χ1n) is 7.60. The number of benzene rings is 2. The number of nitrogens with one attached hydrogen (secondary N) is 1. The molecule has 0 unspecified atom stereocenters. The van der Waals surface area contributed by atoms with Gasteiger partial charge in [-0.15, -0.1) is 0 Å². The minimum atomic E-state index is -0.522. The molecule has 0 aliphatic rings. The summed E-state index contributed by atoms with van der Waals surface area (Å²) in [6, 6.07) is 12.4. The highest BCUT2D eigenvalue weighted by Gasteiger charge is 2.15. The minimum Gasteiger partial charge on any atom is -0.497 e. The number of amides is 1. The predicted octanol–water partition coefficient (Wildman–Crippen LogP) is 5.01. The van der Waals surface area contributed by atoms with Crippen molar-refractivity contribution in [3.63, 3.8) is 0 Å². The number of hydrogen-bond donors (Lipinski definition) is 1. The second-order valence-electron chi connectivity index (χ2n) is 5.31. The van der Waals surface area contributed by atoms with Crippen LogP contribution in [0.5, 0.6) is 11.5 Å². The van der Waals surface area contributed by atoms with Crippen molar-refractivity contribution >= 4 is 23.2 Å². The molecule has 0 bridgehead atoms. The summed E-state index contributed by atoms with van der Waals surface area (Å²) in [4.78, 5) is 12.4. The van der Waals surface area contributed by atoms with Crippen molar-refractivity contribution in [2.45, 2.75) is 0 Å². The van der Waals surface area contributed by atoms with Crippen molar-refractivity contribution < 1.29 is 23.1 Å². The number of carbonyl (C=O) groups excluding carboxylic acids is 1. The van der Waals surface area contributed by atoms with Gasteiger partial charge in [-0.2, -0.15) is 0 Å². The fourth-order valence-corrected chi connectivity index (χ4v) is 2.53. The van der Waals surface area contributed by atoms with Crippen LogP contribution < -0.4 is 14.8 Å². The first-order valence-corrected chi connectivity index (χ1v) is 7.98. The number of ether oxygens (including phenoxy) is 2. The van der Waals surface area contributed by atoms with Crippen LogP contribution in [0, 0.1) is 5.82 Å². The van der Waals surface area contributed by atoms with Gasteiger partial charge in [0.05, 0.1) is 24.9 Å². The number of halogens is 2. The third-order valence-electron chi connectivity index (χ3n) is 3.69. The van der Waals surface area contributed by atoms with Crippen LogP contribution in [0.4, 0.5) is 10.1 Å². The van der Waals surface area contributed by atoms with Crippen LogP contribution in [0.25, 0.3) is 11.3 Å². The molecule has 0 aliphatic heterocycles. The van der Waals surface area contributed by atoms with Crippen molar-refractivity contribution in [1.82, 2.24) is 0 Å². The Kier molecular flexibility index (Phi) is 5.14. The maximum Gasteiger partial charge on any atom is 0.291 e. The summed E-state index contributed by atoms with van der Waals surface area (Å²) in [5, 5.41) is 2.69. The molecule has 7 heteroatoms. The largest absolute Gasteiger partial charge is 0.497 e. The fraction of sp³-hybridized carbons (Fsp3) is 0.105. The van der Waals surface area contributed by atoms with Crippen LogP contribution >= 0.6 is 11.6 Å². The normalized spacial score (nSPS) is 10.5. The Morgan fingerprint density at radius 3 is 2.58 bits per heavy atom. The molecule has 0 aliphatic carbocycles. The van der Waals surface area contributed by atoms with E-state index >= 15 is 0 Å². The maximum atomic E-state index is 13.3. The molecule has 1 aromatic heterocycles. The SMILES string of the molecule is COc1ccc(NC(=O)c2ccc(-c3ccc(F)c(Cl)c3)o2)c(OC)c1. The lowest BCUT2D eigenvalue weighted by Gasteiger charge is -2.10. The van der Waals surface area contributed by atoms with Gasteiger partial charge in [-0.3, -0.25) is 4.79 Å². The lowest BCUT2D eigenvalue weighted by molar-refractivity contribution is 0.0997. The average molecular weight is 376 g/mol. The summed E-state index contributed by atoms with van der Waals surface area (Å²) in [6.07, 6.45) is 0. The van der Waals surface area contributed by atoms with Gasteiger partial charge in [-0.25, -0.2) is 4.39 Å². The highest BCUT2D eigenvalue weighted by molar-refractivity contribution is 6.31.